The van der Waals surface area contributed by atoms with Gasteiger partial charge < -0.3 is 15.4 Å². The Morgan fingerprint density at radius 1 is 1.16 bits per heavy atom. The molecule has 0 saturated carbocycles. The number of amides is 2. The lowest BCUT2D eigenvalue weighted by atomic mass is 9.96. The first-order valence-corrected chi connectivity index (χ1v) is 11.5. The normalized spacial score (nSPS) is 14.8. The van der Waals surface area contributed by atoms with E-state index in [2.05, 4.69) is 0 Å². The van der Waals surface area contributed by atoms with E-state index >= 15 is 0 Å². The minimum absolute atomic E-state index is 0.0576. The second-order valence-corrected chi connectivity index (χ2v) is 9.47. The number of carbonyl (C=O) groups excluding carboxylic acids is 2. The van der Waals surface area contributed by atoms with Gasteiger partial charge in [0, 0.05) is 19.0 Å². The first-order valence-electron chi connectivity index (χ1n) is 9.72. The van der Waals surface area contributed by atoms with Crippen LogP contribution in [-0.4, -0.2) is 51.9 Å². The predicted octanol–water partition coefficient (Wildman–Crippen LogP) is 2.27. The van der Waals surface area contributed by atoms with Crippen molar-refractivity contribution in [1.82, 2.24) is 4.90 Å². The molecule has 166 valence electrons. The highest BCUT2D eigenvalue weighted by atomic mass is 35.5. The van der Waals surface area contributed by atoms with Gasteiger partial charge in [-0.1, -0.05) is 29.8 Å². The van der Waals surface area contributed by atoms with E-state index in [4.69, 9.17) is 22.1 Å². The summed E-state index contributed by atoms with van der Waals surface area (Å²) in [6.07, 6.45) is 0.918. The highest BCUT2D eigenvalue weighted by Gasteiger charge is 2.31. The Hall–Kier alpha value is -2.78. The molecule has 31 heavy (non-hydrogen) atoms. The SMILES string of the molecule is COc1ccc(N(CC(=O)N2CCC(C(N)=O)CC2)S(=O)(=O)c2ccccc2)cc1Cl. The van der Waals surface area contributed by atoms with Crippen molar-refractivity contribution < 1.29 is 22.7 Å². The maximum Gasteiger partial charge on any atom is 0.264 e. The molecule has 2 N–H and O–H groups in total. The number of ether oxygens (including phenoxy) is 1. The van der Waals surface area contributed by atoms with Crippen molar-refractivity contribution in [2.75, 3.05) is 31.0 Å². The number of halogens is 1. The van der Waals surface area contributed by atoms with E-state index in [1.165, 1.54) is 31.4 Å². The molecule has 2 aromatic rings. The maximum atomic E-state index is 13.4. The Balaban J connectivity index is 1.90. The van der Waals surface area contributed by atoms with Crippen LogP contribution < -0.4 is 14.8 Å². The number of primary amides is 1. The summed E-state index contributed by atoms with van der Waals surface area (Å²) in [5.41, 5.74) is 5.60. The Labute approximate surface area is 186 Å². The molecule has 1 aliphatic rings. The summed E-state index contributed by atoms with van der Waals surface area (Å²) in [5.74, 6) is -0.626. The number of carbonyl (C=O) groups is 2. The van der Waals surface area contributed by atoms with Crippen LogP contribution in [0.1, 0.15) is 12.8 Å². The largest absolute Gasteiger partial charge is 0.495 e. The monoisotopic (exact) mass is 465 g/mol. The number of rotatable bonds is 7. The third kappa shape index (κ3) is 5.11. The molecule has 1 fully saturated rings. The van der Waals surface area contributed by atoms with E-state index < -0.39 is 16.6 Å². The number of methoxy groups -OCH3 is 1. The maximum absolute atomic E-state index is 13.4. The number of nitrogens with zero attached hydrogens (tertiary/aromatic N) is 2. The molecule has 0 aromatic heterocycles. The van der Waals surface area contributed by atoms with Gasteiger partial charge in [-0.2, -0.15) is 0 Å². The van der Waals surface area contributed by atoms with Gasteiger partial charge in [-0.3, -0.25) is 13.9 Å². The van der Waals surface area contributed by atoms with E-state index in [0.29, 0.717) is 31.7 Å². The van der Waals surface area contributed by atoms with Crippen LogP contribution in [0.2, 0.25) is 5.02 Å². The van der Waals surface area contributed by atoms with Gasteiger partial charge in [0.15, 0.2) is 0 Å². The van der Waals surface area contributed by atoms with Gasteiger partial charge in [0.1, 0.15) is 12.3 Å². The molecule has 0 spiro atoms. The molecule has 8 nitrogen and oxygen atoms in total. The zero-order chi connectivity index (χ0) is 22.6. The second-order valence-electron chi connectivity index (χ2n) is 7.20. The molecule has 0 aliphatic carbocycles. The molecular weight excluding hydrogens is 442 g/mol. The number of hydrogen-bond donors (Lipinski definition) is 1. The molecule has 2 aromatic carbocycles. The molecule has 2 amide bonds. The topological polar surface area (TPSA) is 110 Å². The summed E-state index contributed by atoms with van der Waals surface area (Å²) >= 11 is 6.22. The van der Waals surface area contributed by atoms with Crippen LogP contribution >= 0.6 is 11.6 Å². The van der Waals surface area contributed by atoms with E-state index in [9.17, 15) is 18.0 Å². The molecular formula is C21H24ClN3O5S. The standard InChI is InChI=1S/C21H24ClN3O5S/c1-30-19-8-7-16(13-18(19)22)25(31(28,29)17-5-3-2-4-6-17)14-20(26)24-11-9-15(10-12-24)21(23)27/h2-8,13,15H,9-12,14H2,1H3,(H2,23,27). The van der Waals surface area contributed by atoms with Crippen LogP contribution in [0.25, 0.3) is 0 Å². The van der Waals surface area contributed by atoms with Crippen molar-refractivity contribution in [2.45, 2.75) is 17.7 Å². The third-order valence-corrected chi connectivity index (χ3v) is 7.37. The first-order chi connectivity index (χ1) is 14.7. The van der Waals surface area contributed by atoms with Crippen molar-refractivity contribution in [3.8, 4) is 5.75 Å². The Morgan fingerprint density at radius 2 is 1.81 bits per heavy atom. The van der Waals surface area contributed by atoms with Crippen LogP contribution in [-0.2, 0) is 19.6 Å². The minimum Gasteiger partial charge on any atom is -0.495 e. The van der Waals surface area contributed by atoms with Crippen LogP contribution in [0.3, 0.4) is 0 Å². The minimum atomic E-state index is -4.04. The molecule has 10 heteroatoms. The molecule has 0 bridgehead atoms. The molecule has 0 radical (unpaired) electrons. The van der Waals surface area contributed by atoms with Crippen molar-refractivity contribution in [2.24, 2.45) is 11.7 Å². The zero-order valence-electron chi connectivity index (χ0n) is 17.0. The highest BCUT2D eigenvalue weighted by Crippen LogP contribution is 2.32. The summed E-state index contributed by atoms with van der Waals surface area (Å²) in [6.45, 7) is 0.283. The summed E-state index contributed by atoms with van der Waals surface area (Å²) < 4.78 is 32.9. The number of likely N-dealkylation sites (tertiary alicyclic amines) is 1. The van der Waals surface area contributed by atoms with E-state index in [1.807, 2.05) is 0 Å². The van der Waals surface area contributed by atoms with Gasteiger partial charge in [-0.25, -0.2) is 8.42 Å². The number of benzene rings is 2. The lowest BCUT2D eigenvalue weighted by molar-refractivity contribution is -0.133. The van der Waals surface area contributed by atoms with Crippen LogP contribution in [0.15, 0.2) is 53.4 Å². The third-order valence-electron chi connectivity index (χ3n) is 5.28. The fourth-order valence-corrected chi connectivity index (χ4v) is 5.16. The summed E-state index contributed by atoms with van der Waals surface area (Å²) in [4.78, 5) is 26.0. The first kappa shape index (κ1) is 22.9. The summed E-state index contributed by atoms with van der Waals surface area (Å²) in [7, 11) is -2.58. The van der Waals surface area contributed by atoms with E-state index in [-0.39, 0.29) is 33.3 Å². The smallest absolute Gasteiger partial charge is 0.264 e. The van der Waals surface area contributed by atoms with Crippen LogP contribution in [0, 0.1) is 5.92 Å². The molecule has 1 heterocycles. The second kappa shape index (κ2) is 9.57. The Morgan fingerprint density at radius 3 is 2.35 bits per heavy atom. The fraction of sp³-hybridized carbons (Fsp3) is 0.333. The molecule has 0 atom stereocenters. The lowest BCUT2D eigenvalue weighted by Crippen LogP contribution is -2.47. The summed E-state index contributed by atoms with van der Waals surface area (Å²) in [5, 5.41) is 0.225. The van der Waals surface area contributed by atoms with Crippen LogP contribution in [0.4, 0.5) is 5.69 Å². The van der Waals surface area contributed by atoms with E-state index in [1.54, 1.807) is 29.2 Å². The van der Waals surface area contributed by atoms with Gasteiger partial charge in [-0.15, -0.1) is 0 Å². The average molecular weight is 466 g/mol. The number of nitrogens with two attached hydrogens (primary N) is 1. The Kier molecular flexibility index (Phi) is 7.07. The van der Waals surface area contributed by atoms with Gasteiger partial charge in [0.2, 0.25) is 11.8 Å². The summed E-state index contributed by atoms with van der Waals surface area (Å²) in [6, 6.07) is 12.4. The lowest BCUT2D eigenvalue weighted by Gasteiger charge is -2.33. The Bertz CT molecular complexity index is 1050. The van der Waals surface area contributed by atoms with Crippen molar-refractivity contribution in [1.29, 1.82) is 0 Å². The highest BCUT2D eigenvalue weighted by molar-refractivity contribution is 7.92. The molecule has 1 saturated heterocycles. The fourth-order valence-electron chi connectivity index (χ4n) is 3.48. The predicted molar refractivity (Wildman–Crippen MR) is 117 cm³/mol. The van der Waals surface area contributed by atoms with Gasteiger partial charge in [-0.05, 0) is 43.2 Å². The van der Waals surface area contributed by atoms with Gasteiger partial charge in [0.05, 0.1) is 22.7 Å². The van der Waals surface area contributed by atoms with Crippen molar-refractivity contribution >= 4 is 39.1 Å². The average Bonchev–Trinajstić information content (AvgIpc) is 2.77. The van der Waals surface area contributed by atoms with Gasteiger partial charge in [0.25, 0.3) is 10.0 Å². The zero-order valence-corrected chi connectivity index (χ0v) is 18.6. The van der Waals surface area contributed by atoms with Crippen molar-refractivity contribution in [3.63, 3.8) is 0 Å². The number of sulfonamides is 1. The van der Waals surface area contributed by atoms with Crippen molar-refractivity contribution in [3.05, 3.63) is 53.6 Å². The quantitative estimate of drug-likeness (QED) is 0.674. The molecule has 0 unspecified atom stereocenters. The van der Waals surface area contributed by atoms with Crippen LogP contribution in [0.5, 0.6) is 5.75 Å². The number of piperidine rings is 1. The van der Waals surface area contributed by atoms with E-state index in [0.717, 1.165) is 4.31 Å². The number of hydrogen-bond acceptors (Lipinski definition) is 5. The molecule has 1 aliphatic heterocycles. The van der Waals surface area contributed by atoms with Gasteiger partial charge >= 0.3 is 0 Å². The number of anilines is 1. The molecule has 3 rings (SSSR count).